The number of hydrogen-bond donors (Lipinski definition) is 0. The standard InChI is InChI=1S/C20H17N3O5S/c1-27-15-7-8-16(19(11-15)28-2)17-9-10-20(22-21-17)29-12-18(24)13-3-5-14(6-4-13)23(25)26/h3-11H,12H2,1-2H3. The second kappa shape index (κ2) is 9.16. The topological polar surface area (TPSA) is 104 Å². The zero-order valence-electron chi connectivity index (χ0n) is 15.7. The Morgan fingerprint density at radius 3 is 2.38 bits per heavy atom. The van der Waals surface area contributed by atoms with Crippen LogP contribution in [0, 0.1) is 10.1 Å². The van der Waals surface area contributed by atoms with Gasteiger partial charge in [-0.05, 0) is 36.4 Å². The summed E-state index contributed by atoms with van der Waals surface area (Å²) in [5.41, 5.74) is 1.77. The molecule has 0 unspecified atom stereocenters. The van der Waals surface area contributed by atoms with Gasteiger partial charge in [0.25, 0.3) is 5.69 Å². The Kier molecular flexibility index (Phi) is 6.40. The normalized spacial score (nSPS) is 10.4. The van der Waals surface area contributed by atoms with E-state index in [1.54, 1.807) is 32.4 Å². The Balaban J connectivity index is 1.66. The van der Waals surface area contributed by atoms with Gasteiger partial charge in [-0.3, -0.25) is 14.9 Å². The lowest BCUT2D eigenvalue weighted by Gasteiger charge is -2.09. The van der Waals surface area contributed by atoms with Gasteiger partial charge in [0.2, 0.25) is 0 Å². The first kappa shape index (κ1) is 20.3. The van der Waals surface area contributed by atoms with Crippen molar-refractivity contribution in [3.63, 3.8) is 0 Å². The Hall–Kier alpha value is -3.46. The fraction of sp³-hybridized carbons (Fsp3) is 0.150. The average Bonchev–Trinajstić information content (AvgIpc) is 2.77. The van der Waals surface area contributed by atoms with E-state index in [1.165, 1.54) is 36.0 Å². The average molecular weight is 411 g/mol. The van der Waals surface area contributed by atoms with Gasteiger partial charge in [-0.25, -0.2) is 0 Å². The van der Waals surface area contributed by atoms with E-state index in [2.05, 4.69) is 10.2 Å². The van der Waals surface area contributed by atoms with Gasteiger partial charge in [-0.15, -0.1) is 10.2 Å². The third kappa shape index (κ3) is 4.88. The van der Waals surface area contributed by atoms with E-state index in [0.29, 0.717) is 27.8 Å². The molecular formula is C20H17N3O5S. The zero-order valence-corrected chi connectivity index (χ0v) is 16.5. The molecule has 0 aliphatic carbocycles. The third-order valence-corrected chi connectivity index (χ3v) is 5.00. The number of ether oxygens (including phenoxy) is 2. The number of thioether (sulfide) groups is 1. The van der Waals surface area contributed by atoms with Crippen LogP contribution in [0.3, 0.4) is 0 Å². The molecule has 3 aromatic rings. The summed E-state index contributed by atoms with van der Waals surface area (Å²) in [6, 6.07) is 14.5. The zero-order chi connectivity index (χ0) is 20.8. The maximum atomic E-state index is 12.3. The molecule has 0 bridgehead atoms. The fourth-order valence-corrected chi connectivity index (χ4v) is 3.25. The number of non-ortho nitro benzene ring substituents is 1. The first-order valence-electron chi connectivity index (χ1n) is 8.48. The van der Waals surface area contributed by atoms with Gasteiger partial charge in [0.15, 0.2) is 5.78 Å². The molecule has 0 aliphatic rings. The van der Waals surface area contributed by atoms with E-state index in [0.717, 1.165) is 5.56 Å². The number of carbonyl (C=O) groups excluding carboxylic acids is 1. The first-order chi connectivity index (χ1) is 14.0. The molecule has 9 heteroatoms. The molecular weight excluding hydrogens is 394 g/mol. The highest BCUT2D eigenvalue weighted by molar-refractivity contribution is 7.99. The van der Waals surface area contributed by atoms with E-state index >= 15 is 0 Å². The number of nitro benzene ring substituents is 1. The number of rotatable bonds is 8. The number of nitro groups is 1. The fourth-order valence-electron chi connectivity index (χ4n) is 2.54. The Bertz CT molecular complexity index is 1020. The molecule has 0 fully saturated rings. The van der Waals surface area contributed by atoms with Crippen LogP contribution in [-0.2, 0) is 0 Å². The molecule has 0 saturated heterocycles. The summed E-state index contributed by atoms with van der Waals surface area (Å²) in [5, 5.41) is 19.7. The highest BCUT2D eigenvalue weighted by atomic mass is 32.2. The number of benzene rings is 2. The molecule has 8 nitrogen and oxygen atoms in total. The summed E-state index contributed by atoms with van der Waals surface area (Å²) in [7, 11) is 3.15. The maximum absolute atomic E-state index is 12.3. The second-order valence-corrected chi connectivity index (χ2v) is 6.83. The SMILES string of the molecule is COc1ccc(-c2ccc(SCC(=O)c3ccc([N+](=O)[O-])cc3)nn2)c(OC)c1. The lowest BCUT2D eigenvalue weighted by Crippen LogP contribution is -2.03. The molecule has 2 aromatic carbocycles. The molecule has 148 valence electrons. The molecule has 1 heterocycles. The van der Waals surface area contributed by atoms with Crippen LogP contribution in [-0.4, -0.2) is 40.9 Å². The van der Waals surface area contributed by atoms with Gasteiger partial charge >= 0.3 is 0 Å². The summed E-state index contributed by atoms with van der Waals surface area (Å²) < 4.78 is 10.6. The van der Waals surface area contributed by atoms with E-state index in [9.17, 15) is 14.9 Å². The number of hydrogen-bond acceptors (Lipinski definition) is 8. The molecule has 0 saturated carbocycles. The summed E-state index contributed by atoms with van der Waals surface area (Å²) in [5.74, 6) is 1.30. The van der Waals surface area contributed by atoms with Crippen LogP contribution in [0.1, 0.15) is 10.4 Å². The third-order valence-electron chi connectivity index (χ3n) is 4.08. The van der Waals surface area contributed by atoms with Crippen LogP contribution in [0.4, 0.5) is 5.69 Å². The summed E-state index contributed by atoms with van der Waals surface area (Å²) in [6.07, 6.45) is 0. The molecule has 0 amide bonds. The van der Waals surface area contributed by atoms with Gasteiger partial charge < -0.3 is 9.47 Å². The predicted octanol–water partition coefficient (Wildman–Crippen LogP) is 4.04. The van der Waals surface area contributed by atoms with Crippen molar-refractivity contribution in [1.82, 2.24) is 10.2 Å². The number of carbonyl (C=O) groups is 1. The lowest BCUT2D eigenvalue weighted by molar-refractivity contribution is -0.384. The first-order valence-corrected chi connectivity index (χ1v) is 9.47. The van der Waals surface area contributed by atoms with Gasteiger partial charge in [0.05, 0.1) is 30.6 Å². The van der Waals surface area contributed by atoms with E-state index < -0.39 is 4.92 Å². The molecule has 29 heavy (non-hydrogen) atoms. The molecule has 3 rings (SSSR count). The maximum Gasteiger partial charge on any atom is 0.269 e. The molecule has 0 atom stereocenters. The Labute approximate surface area is 171 Å². The van der Waals surface area contributed by atoms with Crippen LogP contribution in [0.25, 0.3) is 11.3 Å². The number of ketones is 1. The van der Waals surface area contributed by atoms with Crippen molar-refractivity contribution in [2.24, 2.45) is 0 Å². The van der Waals surface area contributed by atoms with Crippen molar-refractivity contribution in [1.29, 1.82) is 0 Å². The van der Waals surface area contributed by atoms with Crippen molar-refractivity contribution in [2.75, 3.05) is 20.0 Å². The number of nitrogens with zero attached hydrogens (tertiary/aromatic N) is 3. The molecule has 0 spiro atoms. The number of methoxy groups -OCH3 is 2. The van der Waals surface area contributed by atoms with Crippen molar-refractivity contribution >= 4 is 23.2 Å². The molecule has 0 aliphatic heterocycles. The van der Waals surface area contributed by atoms with Crippen LogP contribution in [0.2, 0.25) is 0 Å². The van der Waals surface area contributed by atoms with Crippen molar-refractivity contribution in [2.45, 2.75) is 5.03 Å². The van der Waals surface area contributed by atoms with E-state index in [4.69, 9.17) is 9.47 Å². The smallest absolute Gasteiger partial charge is 0.269 e. The monoisotopic (exact) mass is 411 g/mol. The lowest BCUT2D eigenvalue weighted by atomic mass is 10.1. The Morgan fingerprint density at radius 2 is 1.79 bits per heavy atom. The minimum Gasteiger partial charge on any atom is -0.497 e. The number of aromatic nitrogens is 2. The summed E-state index contributed by atoms with van der Waals surface area (Å²) >= 11 is 1.25. The quantitative estimate of drug-likeness (QED) is 0.237. The van der Waals surface area contributed by atoms with Crippen LogP contribution in [0.5, 0.6) is 11.5 Å². The van der Waals surface area contributed by atoms with Crippen LogP contribution >= 0.6 is 11.8 Å². The van der Waals surface area contributed by atoms with Crippen LogP contribution in [0.15, 0.2) is 59.6 Å². The highest BCUT2D eigenvalue weighted by Crippen LogP contribution is 2.32. The van der Waals surface area contributed by atoms with Crippen molar-refractivity contribution in [3.8, 4) is 22.8 Å². The largest absolute Gasteiger partial charge is 0.497 e. The van der Waals surface area contributed by atoms with Crippen molar-refractivity contribution in [3.05, 3.63) is 70.3 Å². The number of Topliss-reactive ketones (excluding diaryl/α,β-unsaturated/α-hetero) is 1. The second-order valence-electron chi connectivity index (χ2n) is 5.84. The van der Waals surface area contributed by atoms with Crippen LogP contribution < -0.4 is 9.47 Å². The molecule has 0 N–H and O–H groups in total. The van der Waals surface area contributed by atoms with E-state index in [1.807, 2.05) is 12.1 Å². The van der Waals surface area contributed by atoms with Gasteiger partial charge in [-0.1, -0.05) is 11.8 Å². The van der Waals surface area contributed by atoms with E-state index in [-0.39, 0.29) is 17.2 Å². The van der Waals surface area contributed by atoms with Crippen molar-refractivity contribution < 1.29 is 19.2 Å². The molecule has 1 aromatic heterocycles. The molecule has 0 radical (unpaired) electrons. The summed E-state index contributed by atoms with van der Waals surface area (Å²) in [6.45, 7) is 0. The summed E-state index contributed by atoms with van der Waals surface area (Å²) in [4.78, 5) is 22.4. The Morgan fingerprint density at radius 1 is 1.03 bits per heavy atom. The van der Waals surface area contributed by atoms with Gasteiger partial charge in [-0.2, -0.15) is 0 Å². The minimum absolute atomic E-state index is 0.0513. The van der Waals surface area contributed by atoms with Gasteiger partial charge in [0, 0.05) is 29.3 Å². The predicted molar refractivity (Wildman–Crippen MR) is 109 cm³/mol. The highest BCUT2D eigenvalue weighted by Gasteiger charge is 2.12. The van der Waals surface area contributed by atoms with Gasteiger partial charge in [0.1, 0.15) is 16.5 Å². The minimum atomic E-state index is -0.502.